The zero-order chi connectivity index (χ0) is 13.7. The number of carbonyl (C=O) groups is 2. The number of carbonyl (C=O) groups excluding carboxylic acids is 1. The van der Waals surface area contributed by atoms with Gasteiger partial charge in [-0.2, -0.15) is 0 Å². The first-order valence-corrected chi connectivity index (χ1v) is 6.73. The fraction of sp³-hybridized carbons (Fsp3) is 0.467. The first-order valence-electron chi connectivity index (χ1n) is 6.73. The van der Waals surface area contributed by atoms with E-state index in [4.69, 9.17) is 0 Å². The number of likely N-dealkylation sites (tertiary alicyclic amines) is 1. The summed E-state index contributed by atoms with van der Waals surface area (Å²) in [6, 6.07) is 8.68. The van der Waals surface area contributed by atoms with Gasteiger partial charge in [0.15, 0.2) is 5.78 Å². The second-order valence-electron chi connectivity index (χ2n) is 4.98. The van der Waals surface area contributed by atoms with Crippen LogP contribution in [-0.2, 0) is 4.79 Å². The van der Waals surface area contributed by atoms with Gasteiger partial charge in [-0.3, -0.25) is 9.59 Å². The molecule has 0 saturated carbocycles. The van der Waals surface area contributed by atoms with Crippen LogP contribution in [0.15, 0.2) is 30.3 Å². The normalized spacial score (nSPS) is 17.9. The Labute approximate surface area is 113 Å². The number of hydrogen-bond acceptors (Lipinski definition) is 3. The SMILES string of the molecule is O=C(O)C(CN1CCCCC1)C(=O)c1ccccc1. The second-order valence-corrected chi connectivity index (χ2v) is 4.98. The summed E-state index contributed by atoms with van der Waals surface area (Å²) in [5.41, 5.74) is 0.479. The third kappa shape index (κ3) is 3.64. The summed E-state index contributed by atoms with van der Waals surface area (Å²) in [4.78, 5) is 25.7. The van der Waals surface area contributed by atoms with Crippen LogP contribution in [-0.4, -0.2) is 41.4 Å². The minimum Gasteiger partial charge on any atom is -0.481 e. The monoisotopic (exact) mass is 261 g/mol. The van der Waals surface area contributed by atoms with Crippen molar-refractivity contribution >= 4 is 11.8 Å². The van der Waals surface area contributed by atoms with Crippen LogP contribution >= 0.6 is 0 Å². The molecule has 1 saturated heterocycles. The van der Waals surface area contributed by atoms with E-state index in [1.807, 2.05) is 6.07 Å². The van der Waals surface area contributed by atoms with Crippen molar-refractivity contribution in [3.63, 3.8) is 0 Å². The summed E-state index contributed by atoms with van der Waals surface area (Å²) in [6.45, 7) is 2.11. The van der Waals surface area contributed by atoms with E-state index in [-0.39, 0.29) is 5.78 Å². The van der Waals surface area contributed by atoms with E-state index in [9.17, 15) is 14.7 Å². The molecule has 19 heavy (non-hydrogen) atoms. The number of hydrogen-bond donors (Lipinski definition) is 1. The minimum absolute atomic E-state index is 0.293. The van der Waals surface area contributed by atoms with Crippen LogP contribution in [0.4, 0.5) is 0 Å². The molecule has 1 aliphatic rings. The number of carboxylic acid groups (broad SMARTS) is 1. The van der Waals surface area contributed by atoms with Crippen LogP contribution in [0, 0.1) is 5.92 Å². The Morgan fingerprint density at radius 2 is 1.74 bits per heavy atom. The van der Waals surface area contributed by atoms with Gasteiger partial charge in [0.05, 0.1) is 0 Å². The molecule has 0 spiro atoms. The van der Waals surface area contributed by atoms with Crippen molar-refractivity contribution in [3.05, 3.63) is 35.9 Å². The molecule has 1 aromatic carbocycles. The highest BCUT2D eigenvalue weighted by Gasteiger charge is 2.29. The zero-order valence-corrected chi connectivity index (χ0v) is 10.9. The van der Waals surface area contributed by atoms with E-state index in [0.29, 0.717) is 12.1 Å². The van der Waals surface area contributed by atoms with Gasteiger partial charge in [0.1, 0.15) is 5.92 Å². The molecule has 4 nitrogen and oxygen atoms in total. The lowest BCUT2D eigenvalue weighted by Crippen LogP contribution is -2.40. The maximum Gasteiger partial charge on any atom is 0.315 e. The fourth-order valence-corrected chi connectivity index (χ4v) is 2.48. The van der Waals surface area contributed by atoms with Gasteiger partial charge >= 0.3 is 5.97 Å². The van der Waals surface area contributed by atoms with Gasteiger partial charge < -0.3 is 10.0 Å². The number of rotatable bonds is 5. The van der Waals surface area contributed by atoms with E-state index < -0.39 is 11.9 Å². The van der Waals surface area contributed by atoms with E-state index in [0.717, 1.165) is 25.9 Å². The third-order valence-electron chi connectivity index (χ3n) is 3.56. The standard InChI is InChI=1S/C15H19NO3/c17-14(12-7-3-1-4-8-12)13(15(18)19)11-16-9-5-2-6-10-16/h1,3-4,7-8,13H,2,5-6,9-11H2,(H,18,19). The van der Waals surface area contributed by atoms with Crippen molar-refractivity contribution in [3.8, 4) is 0 Å². The number of Topliss-reactive ketones (excluding diaryl/α,β-unsaturated/α-hetero) is 1. The zero-order valence-electron chi connectivity index (χ0n) is 10.9. The summed E-state index contributed by atoms with van der Waals surface area (Å²) in [7, 11) is 0. The molecule has 1 atom stereocenters. The number of benzene rings is 1. The molecule has 1 heterocycles. The van der Waals surface area contributed by atoms with E-state index in [1.54, 1.807) is 24.3 Å². The van der Waals surface area contributed by atoms with Crippen LogP contribution in [0.5, 0.6) is 0 Å². The van der Waals surface area contributed by atoms with Gasteiger partial charge in [-0.25, -0.2) is 0 Å². The lowest BCUT2D eigenvalue weighted by molar-refractivity contribution is -0.140. The van der Waals surface area contributed by atoms with Crippen molar-refractivity contribution < 1.29 is 14.7 Å². The second kappa shape index (κ2) is 6.48. The number of aliphatic carboxylic acids is 1. The summed E-state index contributed by atoms with van der Waals surface area (Å²) >= 11 is 0. The number of carboxylic acids is 1. The molecular weight excluding hydrogens is 242 g/mol. The molecule has 1 N–H and O–H groups in total. The Kier molecular flexibility index (Phi) is 4.68. The lowest BCUT2D eigenvalue weighted by atomic mass is 9.96. The molecule has 102 valence electrons. The smallest absolute Gasteiger partial charge is 0.315 e. The lowest BCUT2D eigenvalue weighted by Gasteiger charge is -2.28. The molecular formula is C15H19NO3. The Hall–Kier alpha value is -1.68. The fourth-order valence-electron chi connectivity index (χ4n) is 2.48. The first kappa shape index (κ1) is 13.7. The minimum atomic E-state index is -1.03. The Balaban J connectivity index is 2.07. The highest BCUT2D eigenvalue weighted by Crippen LogP contribution is 2.15. The molecule has 1 fully saturated rings. The molecule has 1 unspecified atom stereocenters. The molecule has 0 radical (unpaired) electrons. The molecule has 1 aromatic rings. The van der Waals surface area contributed by atoms with Crippen molar-refractivity contribution in [2.75, 3.05) is 19.6 Å². The maximum atomic E-state index is 12.3. The molecule has 0 bridgehead atoms. The van der Waals surface area contributed by atoms with Crippen LogP contribution < -0.4 is 0 Å². The Morgan fingerprint density at radius 1 is 1.11 bits per heavy atom. The predicted octanol–water partition coefficient (Wildman–Crippen LogP) is 2.06. The third-order valence-corrected chi connectivity index (χ3v) is 3.56. The van der Waals surface area contributed by atoms with Crippen LogP contribution in [0.3, 0.4) is 0 Å². The average molecular weight is 261 g/mol. The molecule has 1 aliphatic heterocycles. The van der Waals surface area contributed by atoms with E-state index in [2.05, 4.69) is 4.90 Å². The predicted molar refractivity (Wildman–Crippen MR) is 72.2 cm³/mol. The van der Waals surface area contributed by atoms with Crippen molar-refractivity contribution in [2.45, 2.75) is 19.3 Å². The Morgan fingerprint density at radius 3 is 2.32 bits per heavy atom. The molecule has 0 amide bonds. The molecule has 4 heteroatoms. The number of nitrogens with zero attached hydrogens (tertiary/aromatic N) is 1. The van der Waals surface area contributed by atoms with E-state index in [1.165, 1.54) is 6.42 Å². The largest absolute Gasteiger partial charge is 0.481 e. The average Bonchev–Trinajstić information content (AvgIpc) is 2.46. The summed E-state index contributed by atoms with van der Waals surface area (Å²) in [6.07, 6.45) is 3.37. The topological polar surface area (TPSA) is 57.6 Å². The van der Waals surface area contributed by atoms with Crippen LogP contribution in [0.2, 0.25) is 0 Å². The Bertz CT molecular complexity index is 438. The van der Waals surface area contributed by atoms with Crippen molar-refractivity contribution in [1.82, 2.24) is 4.90 Å². The van der Waals surface area contributed by atoms with Gasteiger partial charge in [-0.15, -0.1) is 0 Å². The summed E-state index contributed by atoms with van der Waals surface area (Å²) in [5.74, 6) is -2.28. The number of piperidine rings is 1. The van der Waals surface area contributed by atoms with Crippen molar-refractivity contribution in [1.29, 1.82) is 0 Å². The van der Waals surface area contributed by atoms with Gasteiger partial charge in [0.25, 0.3) is 0 Å². The molecule has 0 aliphatic carbocycles. The van der Waals surface area contributed by atoms with Gasteiger partial charge in [-0.05, 0) is 25.9 Å². The molecule has 2 rings (SSSR count). The van der Waals surface area contributed by atoms with Gasteiger partial charge in [0.2, 0.25) is 0 Å². The van der Waals surface area contributed by atoms with Crippen molar-refractivity contribution in [2.24, 2.45) is 5.92 Å². The van der Waals surface area contributed by atoms with Crippen LogP contribution in [0.1, 0.15) is 29.6 Å². The molecule has 0 aromatic heterocycles. The maximum absolute atomic E-state index is 12.3. The van der Waals surface area contributed by atoms with E-state index >= 15 is 0 Å². The highest BCUT2D eigenvalue weighted by atomic mass is 16.4. The first-order chi connectivity index (χ1) is 9.18. The number of ketones is 1. The van der Waals surface area contributed by atoms with Crippen LogP contribution in [0.25, 0.3) is 0 Å². The summed E-state index contributed by atoms with van der Waals surface area (Å²) in [5, 5.41) is 9.29. The summed E-state index contributed by atoms with van der Waals surface area (Å²) < 4.78 is 0. The highest BCUT2D eigenvalue weighted by molar-refractivity contribution is 6.08. The van der Waals surface area contributed by atoms with Gasteiger partial charge in [0, 0.05) is 12.1 Å². The van der Waals surface area contributed by atoms with Gasteiger partial charge in [-0.1, -0.05) is 36.8 Å². The quantitative estimate of drug-likeness (QED) is 0.651.